The Balaban J connectivity index is 1.27. The van der Waals surface area contributed by atoms with Crippen LogP contribution in [-0.4, -0.2) is 67.7 Å². The van der Waals surface area contributed by atoms with E-state index in [2.05, 4.69) is 72.3 Å². The molecule has 0 amide bonds. The molecule has 2 aromatic heterocycles. The van der Waals surface area contributed by atoms with Crippen LogP contribution in [0, 0.1) is 0 Å². The Morgan fingerprint density at radius 1 is 0.679 bits per heavy atom. The molecule has 28 heavy (non-hydrogen) atoms. The van der Waals surface area contributed by atoms with Crippen molar-refractivity contribution >= 4 is 28.2 Å². The highest BCUT2D eigenvalue weighted by molar-refractivity contribution is 5.92. The van der Waals surface area contributed by atoms with Gasteiger partial charge in [0.25, 0.3) is 0 Å². The zero-order valence-corrected chi connectivity index (χ0v) is 15.9. The lowest BCUT2D eigenvalue weighted by Crippen LogP contribution is -2.47. The van der Waals surface area contributed by atoms with Gasteiger partial charge in [0.15, 0.2) is 11.6 Å². The molecule has 0 saturated carbocycles. The third kappa shape index (κ3) is 3.33. The lowest BCUT2D eigenvalue weighted by Gasteiger charge is -2.36. The zero-order valence-electron chi connectivity index (χ0n) is 15.9. The summed E-state index contributed by atoms with van der Waals surface area (Å²) < 4.78 is 5.41. The van der Waals surface area contributed by atoms with E-state index in [9.17, 15) is 0 Å². The van der Waals surface area contributed by atoms with Gasteiger partial charge in [-0.15, -0.1) is 10.2 Å². The third-order valence-electron chi connectivity index (χ3n) is 5.53. The number of anilines is 3. The molecule has 2 fully saturated rings. The Kier molecular flexibility index (Phi) is 4.66. The molecule has 3 aromatic rings. The molecule has 0 unspecified atom stereocenters. The SMILES string of the molecule is c1ccc2c(N3CCN(c4ccc(N5CCOCC5)nn4)CC3)nccc2c1. The van der Waals surface area contributed by atoms with E-state index in [1.807, 2.05) is 6.20 Å². The monoisotopic (exact) mass is 376 g/mol. The van der Waals surface area contributed by atoms with E-state index < -0.39 is 0 Å². The van der Waals surface area contributed by atoms with Crippen LogP contribution in [-0.2, 0) is 4.74 Å². The van der Waals surface area contributed by atoms with Gasteiger partial charge in [-0.05, 0) is 23.6 Å². The molecule has 0 atom stereocenters. The number of hydrogen-bond donors (Lipinski definition) is 0. The normalized spacial score (nSPS) is 17.9. The molecule has 4 heterocycles. The molecule has 2 aliphatic rings. The van der Waals surface area contributed by atoms with Gasteiger partial charge in [0.2, 0.25) is 0 Å². The standard InChI is InChI=1S/C21H24N6O/c1-2-4-18-17(3-1)7-8-22-21(18)27-11-9-25(10-12-27)19-5-6-20(24-23-19)26-13-15-28-16-14-26/h1-8H,9-16H2. The van der Waals surface area contributed by atoms with Crippen molar-refractivity contribution in [3.63, 3.8) is 0 Å². The number of nitrogens with zero attached hydrogens (tertiary/aromatic N) is 6. The second-order valence-corrected chi connectivity index (χ2v) is 7.18. The summed E-state index contributed by atoms with van der Waals surface area (Å²) in [5.41, 5.74) is 0. The Labute approximate surface area is 164 Å². The lowest BCUT2D eigenvalue weighted by atomic mass is 10.1. The fourth-order valence-corrected chi connectivity index (χ4v) is 3.95. The first-order chi connectivity index (χ1) is 13.9. The van der Waals surface area contributed by atoms with Crippen LogP contribution in [0.25, 0.3) is 10.8 Å². The van der Waals surface area contributed by atoms with Gasteiger partial charge in [0.1, 0.15) is 5.82 Å². The average Bonchev–Trinajstić information content (AvgIpc) is 2.80. The van der Waals surface area contributed by atoms with Crippen LogP contribution in [0.2, 0.25) is 0 Å². The average molecular weight is 376 g/mol. The fourth-order valence-electron chi connectivity index (χ4n) is 3.95. The molecule has 2 aliphatic heterocycles. The maximum Gasteiger partial charge on any atom is 0.151 e. The number of piperazine rings is 1. The summed E-state index contributed by atoms with van der Waals surface area (Å²) in [4.78, 5) is 11.6. The van der Waals surface area contributed by atoms with E-state index in [0.717, 1.165) is 69.9 Å². The Morgan fingerprint density at radius 2 is 1.32 bits per heavy atom. The first-order valence-electron chi connectivity index (χ1n) is 9.88. The van der Waals surface area contributed by atoms with E-state index in [1.54, 1.807) is 0 Å². The van der Waals surface area contributed by atoms with Crippen LogP contribution in [0.1, 0.15) is 0 Å². The molecule has 5 rings (SSSR count). The molecular formula is C21H24N6O. The van der Waals surface area contributed by atoms with Gasteiger partial charge in [0.05, 0.1) is 13.2 Å². The predicted octanol–water partition coefficient (Wildman–Crippen LogP) is 2.19. The van der Waals surface area contributed by atoms with Crippen molar-refractivity contribution in [1.82, 2.24) is 15.2 Å². The Bertz CT molecular complexity index is 928. The first kappa shape index (κ1) is 17.2. The van der Waals surface area contributed by atoms with E-state index in [1.165, 1.54) is 10.8 Å². The number of hydrogen-bond acceptors (Lipinski definition) is 7. The number of pyridine rings is 1. The molecule has 7 nitrogen and oxygen atoms in total. The Morgan fingerprint density at radius 3 is 2.04 bits per heavy atom. The molecular weight excluding hydrogens is 352 g/mol. The number of rotatable bonds is 3. The molecule has 7 heteroatoms. The smallest absolute Gasteiger partial charge is 0.151 e. The fraction of sp³-hybridized carbons (Fsp3) is 0.381. The number of ether oxygens (including phenoxy) is 1. The minimum Gasteiger partial charge on any atom is -0.378 e. The van der Waals surface area contributed by atoms with Crippen molar-refractivity contribution in [2.24, 2.45) is 0 Å². The van der Waals surface area contributed by atoms with Gasteiger partial charge >= 0.3 is 0 Å². The summed E-state index contributed by atoms with van der Waals surface area (Å²) in [6.45, 7) is 6.95. The summed E-state index contributed by atoms with van der Waals surface area (Å²) >= 11 is 0. The largest absolute Gasteiger partial charge is 0.378 e. The number of aromatic nitrogens is 3. The number of benzene rings is 1. The van der Waals surface area contributed by atoms with Crippen molar-refractivity contribution in [1.29, 1.82) is 0 Å². The van der Waals surface area contributed by atoms with Crippen molar-refractivity contribution in [2.75, 3.05) is 67.2 Å². The highest BCUT2D eigenvalue weighted by atomic mass is 16.5. The van der Waals surface area contributed by atoms with Crippen LogP contribution in [0.5, 0.6) is 0 Å². The highest BCUT2D eigenvalue weighted by Gasteiger charge is 2.21. The van der Waals surface area contributed by atoms with Crippen LogP contribution in [0.3, 0.4) is 0 Å². The molecule has 0 spiro atoms. The van der Waals surface area contributed by atoms with Gasteiger partial charge in [0, 0.05) is 50.9 Å². The maximum atomic E-state index is 5.41. The summed E-state index contributed by atoms with van der Waals surface area (Å²) in [5.74, 6) is 2.96. The molecule has 0 bridgehead atoms. The van der Waals surface area contributed by atoms with Crippen LogP contribution < -0.4 is 14.7 Å². The molecule has 0 N–H and O–H groups in total. The minimum atomic E-state index is 0.758. The zero-order chi connectivity index (χ0) is 18.8. The summed E-state index contributed by atoms with van der Waals surface area (Å²) in [6.07, 6.45) is 1.90. The van der Waals surface area contributed by atoms with E-state index >= 15 is 0 Å². The molecule has 0 aliphatic carbocycles. The second-order valence-electron chi connectivity index (χ2n) is 7.18. The Hall–Kier alpha value is -2.93. The van der Waals surface area contributed by atoms with Crippen molar-refractivity contribution in [3.05, 3.63) is 48.7 Å². The summed E-state index contributed by atoms with van der Waals surface area (Å²) in [7, 11) is 0. The van der Waals surface area contributed by atoms with Gasteiger partial charge in [-0.2, -0.15) is 0 Å². The van der Waals surface area contributed by atoms with Gasteiger partial charge < -0.3 is 19.4 Å². The molecule has 1 aromatic carbocycles. The predicted molar refractivity (Wildman–Crippen MR) is 111 cm³/mol. The number of morpholine rings is 1. The maximum absolute atomic E-state index is 5.41. The third-order valence-corrected chi connectivity index (χ3v) is 5.53. The topological polar surface area (TPSA) is 57.6 Å². The van der Waals surface area contributed by atoms with Crippen LogP contribution in [0.15, 0.2) is 48.7 Å². The van der Waals surface area contributed by atoms with E-state index in [-0.39, 0.29) is 0 Å². The summed E-state index contributed by atoms with van der Waals surface area (Å²) in [6, 6.07) is 14.7. The van der Waals surface area contributed by atoms with Crippen molar-refractivity contribution < 1.29 is 4.74 Å². The van der Waals surface area contributed by atoms with Gasteiger partial charge in [-0.3, -0.25) is 0 Å². The first-order valence-corrected chi connectivity index (χ1v) is 9.88. The van der Waals surface area contributed by atoms with Gasteiger partial charge in [-0.25, -0.2) is 4.98 Å². The minimum absolute atomic E-state index is 0.758. The van der Waals surface area contributed by atoms with Crippen LogP contribution in [0.4, 0.5) is 17.5 Å². The van der Waals surface area contributed by atoms with Crippen molar-refractivity contribution in [3.8, 4) is 0 Å². The number of fused-ring (bicyclic) bond motifs is 1. The van der Waals surface area contributed by atoms with E-state index in [0.29, 0.717) is 0 Å². The molecule has 144 valence electrons. The summed E-state index contributed by atoms with van der Waals surface area (Å²) in [5, 5.41) is 11.4. The van der Waals surface area contributed by atoms with Crippen LogP contribution >= 0.6 is 0 Å². The highest BCUT2D eigenvalue weighted by Crippen LogP contribution is 2.26. The van der Waals surface area contributed by atoms with Crippen molar-refractivity contribution in [2.45, 2.75) is 0 Å². The quantitative estimate of drug-likeness (QED) is 0.694. The molecule has 2 saturated heterocycles. The molecule has 0 radical (unpaired) electrons. The van der Waals surface area contributed by atoms with Gasteiger partial charge in [-0.1, -0.05) is 24.3 Å². The lowest BCUT2D eigenvalue weighted by molar-refractivity contribution is 0.122. The second kappa shape index (κ2) is 7.59. The van der Waals surface area contributed by atoms with E-state index in [4.69, 9.17) is 4.74 Å².